The predicted molar refractivity (Wildman–Crippen MR) is 155 cm³/mol. The van der Waals surface area contributed by atoms with Gasteiger partial charge in [-0.05, 0) is 81.6 Å². The second kappa shape index (κ2) is 14.0. The molecule has 1 aromatic heterocycles. The summed E-state index contributed by atoms with van der Waals surface area (Å²) in [6, 6.07) is 14.8. The van der Waals surface area contributed by atoms with E-state index in [0.717, 1.165) is 56.2 Å². The van der Waals surface area contributed by atoms with Crippen LogP contribution in [-0.2, 0) is 14.3 Å². The lowest BCUT2D eigenvalue weighted by Crippen LogP contribution is -2.36. The first kappa shape index (κ1) is 28.4. The van der Waals surface area contributed by atoms with Gasteiger partial charge in [0.05, 0.1) is 44.6 Å². The number of benzene rings is 2. The second-order valence-electron chi connectivity index (χ2n) is 9.72. The first-order valence-electron chi connectivity index (χ1n) is 13.7. The fourth-order valence-corrected chi connectivity index (χ4v) is 4.74. The molecule has 1 aliphatic heterocycles. The Morgan fingerprint density at radius 1 is 1.21 bits per heavy atom. The number of anilines is 1. The van der Waals surface area contributed by atoms with E-state index in [-0.39, 0.29) is 12.0 Å². The highest BCUT2D eigenvalue weighted by Crippen LogP contribution is 2.27. The van der Waals surface area contributed by atoms with Crippen molar-refractivity contribution in [1.82, 2.24) is 14.9 Å². The molecule has 2 heterocycles. The quantitative estimate of drug-likeness (QED) is 0.197. The van der Waals surface area contributed by atoms with Crippen LogP contribution in [0.5, 0.6) is 5.75 Å². The minimum absolute atomic E-state index is 0.199. The van der Waals surface area contributed by atoms with Crippen LogP contribution in [0.2, 0.25) is 0 Å². The van der Waals surface area contributed by atoms with Crippen molar-refractivity contribution in [3.63, 3.8) is 0 Å². The SMILES string of the molecule is CCOC(=O)/C(=C\c1ccc(-n2cnc(C)c2)c(OC)c1)CCCNC(C)c1cccc(N2CCOCC2)c1. The number of nitrogens with one attached hydrogen (secondary N) is 1. The van der Waals surface area contributed by atoms with Crippen molar-refractivity contribution in [2.45, 2.75) is 39.7 Å². The molecule has 39 heavy (non-hydrogen) atoms. The van der Waals surface area contributed by atoms with E-state index in [1.54, 1.807) is 13.4 Å². The molecule has 1 unspecified atom stereocenters. The Kier molecular flexibility index (Phi) is 10.2. The summed E-state index contributed by atoms with van der Waals surface area (Å²) in [6.45, 7) is 10.5. The molecule has 0 aliphatic carbocycles. The number of ether oxygens (including phenoxy) is 3. The van der Waals surface area contributed by atoms with E-state index in [9.17, 15) is 4.79 Å². The van der Waals surface area contributed by atoms with Crippen LogP contribution in [0.1, 0.15) is 49.6 Å². The highest BCUT2D eigenvalue weighted by atomic mass is 16.5. The third-order valence-electron chi connectivity index (χ3n) is 6.89. The molecule has 8 nitrogen and oxygen atoms in total. The van der Waals surface area contributed by atoms with Gasteiger partial charge in [-0.1, -0.05) is 18.2 Å². The van der Waals surface area contributed by atoms with Gasteiger partial charge in [-0.25, -0.2) is 9.78 Å². The van der Waals surface area contributed by atoms with Gasteiger partial charge in [-0.15, -0.1) is 0 Å². The van der Waals surface area contributed by atoms with Crippen LogP contribution in [0.25, 0.3) is 11.8 Å². The summed E-state index contributed by atoms with van der Waals surface area (Å²) < 4.78 is 18.4. The van der Waals surface area contributed by atoms with Crippen molar-refractivity contribution in [2.24, 2.45) is 0 Å². The zero-order chi connectivity index (χ0) is 27.6. The molecule has 1 fully saturated rings. The van der Waals surface area contributed by atoms with Gasteiger partial charge in [0.25, 0.3) is 0 Å². The number of morpholine rings is 1. The number of hydrogen-bond acceptors (Lipinski definition) is 7. The van der Waals surface area contributed by atoms with Gasteiger partial charge < -0.3 is 29.0 Å². The molecule has 0 bridgehead atoms. The number of carbonyl (C=O) groups is 1. The molecular weight excluding hydrogens is 492 g/mol. The van der Waals surface area contributed by atoms with Crippen LogP contribution >= 0.6 is 0 Å². The van der Waals surface area contributed by atoms with Gasteiger partial charge in [0, 0.05) is 36.6 Å². The minimum Gasteiger partial charge on any atom is -0.495 e. The van der Waals surface area contributed by atoms with Crippen molar-refractivity contribution in [1.29, 1.82) is 0 Å². The molecule has 1 saturated heterocycles. The molecule has 0 saturated carbocycles. The maximum Gasteiger partial charge on any atom is 0.334 e. The topological polar surface area (TPSA) is 77.9 Å². The predicted octanol–water partition coefficient (Wildman–Crippen LogP) is 5.10. The maximum absolute atomic E-state index is 12.8. The van der Waals surface area contributed by atoms with Crippen LogP contribution in [0.15, 0.2) is 60.6 Å². The van der Waals surface area contributed by atoms with Crippen LogP contribution in [-0.4, -0.2) is 62.1 Å². The number of methoxy groups -OCH3 is 1. The van der Waals surface area contributed by atoms with Gasteiger partial charge in [-0.2, -0.15) is 0 Å². The molecule has 0 spiro atoms. The molecular formula is C31H40N4O4. The standard InChI is InChI=1S/C31H40N4O4/c1-5-39-31(36)27(18-25-11-12-29(30(19-25)37-4)35-21-23(2)33-22-35)9-7-13-32-24(3)26-8-6-10-28(20-26)34-14-16-38-17-15-34/h6,8,10-12,18-22,24,32H,5,7,9,13-17H2,1-4H3/b27-18-. The Hall–Kier alpha value is -3.62. The molecule has 1 aliphatic rings. The fraction of sp³-hybridized carbons (Fsp3) is 0.419. The number of imidazole rings is 1. The van der Waals surface area contributed by atoms with E-state index >= 15 is 0 Å². The molecule has 8 heteroatoms. The van der Waals surface area contributed by atoms with E-state index in [1.807, 2.05) is 48.9 Å². The zero-order valence-electron chi connectivity index (χ0n) is 23.5. The molecule has 0 radical (unpaired) electrons. The number of nitrogens with zero attached hydrogens (tertiary/aromatic N) is 3. The minimum atomic E-state index is -0.281. The zero-order valence-corrected chi connectivity index (χ0v) is 23.5. The van der Waals surface area contributed by atoms with Gasteiger partial charge in [-0.3, -0.25) is 0 Å². The molecule has 3 aromatic rings. The summed E-state index contributed by atoms with van der Waals surface area (Å²) >= 11 is 0. The molecule has 4 rings (SSSR count). The molecule has 1 N–H and O–H groups in total. The Morgan fingerprint density at radius 2 is 2.03 bits per heavy atom. The fourth-order valence-electron chi connectivity index (χ4n) is 4.74. The largest absolute Gasteiger partial charge is 0.495 e. The number of esters is 1. The van der Waals surface area contributed by atoms with E-state index < -0.39 is 0 Å². The van der Waals surface area contributed by atoms with Crippen molar-refractivity contribution in [2.75, 3.05) is 51.5 Å². The summed E-state index contributed by atoms with van der Waals surface area (Å²) in [5, 5.41) is 3.61. The average Bonchev–Trinajstić information content (AvgIpc) is 3.40. The van der Waals surface area contributed by atoms with E-state index in [1.165, 1.54) is 11.3 Å². The number of aromatic nitrogens is 2. The summed E-state index contributed by atoms with van der Waals surface area (Å²) in [4.78, 5) is 19.4. The molecule has 0 amide bonds. The van der Waals surface area contributed by atoms with Crippen molar-refractivity contribution >= 4 is 17.7 Å². The highest BCUT2D eigenvalue weighted by molar-refractivity contribution is 5.93. The number of aryl methyl sites for hydroxylation is 1. The first-order valence-corrected chi connectivity index (χ1v) is 13.7. The number of carbonyl (C=O) groups excluding carboxylic acids is 1. The number of rotatable bonds is 12. The third kappa shape index (κ3) is 7.71. The van der Waals surface area contributed by atoms with Crippen LogP contribution < -0.4 is 15.0 Å². The first-order chi connectivity index (χ1) is 19.0. The Bertz CT molecular complexity index is 1260. The normalized spacial score (nSPS) is 14.8. The average molecular weight is 533 g/mol. The van der Waals surface area contributed by atoms with Gasteiger partial charge >= 0.3 is 5.97 Å². The van der Waals surface area contributed by atoms with E-state index in [2.05, 4.69) is 46.4 Å². The molecule has 1 atom stereocenters. The van der Waals surface area contributed by atoms with Crippen molar-refractivity contribution < 1.29 is 19.0 Å². The Balaban J connectivity index is 1.39. The monoisotopic (exact) mass is 532 g/mol. The van der Waals surface area contributed by atoms with E-state index in [4.69, 9.17) is 14.2 Å². The smallest absolute Gasteiger partial charge is 0.334 e. The van der Waals surface area contributed by atoms with Crippen LogP contribution in [0.4, 0.5) is 5.69 Å². The summed E-state index contributed by atoms with van der Waals surface area (Å²) in [7, 11) is 1.64. The lowest BCUT2D eigenvalue weighted by Gasteiger charge is -2.29. The van der Waals surface area contributed by atoms with Crippen LogP contribution in [0, 0.1) is 6.92 Å². The third-order valence-corrected chi connectivity index (χ3v) is 6.89. The van der Waals surface area contributed by atoms with Crippen LogP contribution in [0.3, 0.4) is 0 Å². The van der Waals surface area contributed by atoms with Crippen molar-refractivity contribution in [3.8, 4) is 11.4 Å². The lowest BCUT2D eigenvalue weighted by molar-refractivity contribution is -0.138. The Morgan fingerprint density at radius 3 is 2.74 bits per heavy atom. The van der Waals surface area contributed by atoms with Gasteiger partial charge in [0.1, 0.15) is 5.75 Å². The van der Waals surface area contributed by atoms with Crippen molar-refractivity contribution in [3.05, 3.63) is 77.4 Å². The summed E-state index contributed by atoms with van der Waals surface area (Å²) in [5.41, 5.74) is 5.84. The maximum atomic E-state index is 12.8. The lowest BCUT2D eigenvalue weighted by atomic mass is 10.0. The molecule has 2 aromatic carbocycles. The Labute approximate surface area is 231 Å². The number of hydrogen-bond donors (Lipinski definition) is 1. The highest BCUT2D eigenvalue weighted by Gasteiger charge is 2.15. The second-order valence-corrected chi connectivity index (χ2v) is 9.72. The van der Waals surface area contributed by atoms with Gasteiger partial charge in [0.15, 0.2) is 0 Å². The van der Waals surface area contributed by atoms with E-state index in [0.29, 0.717) is 24.4 Å². The molecule has 208 valence electrons. The van der Waals surface area contributed by atoms with Gasteiger partial charge in [0.2, 0.25) is 0 Å². The summed E-state index contributed by atoms with van der Waals surface area (Å²) in [5.74, 6) is 0.427. The summed E-state index contributed by atoms with van der Waals surface area (Å²) in [6.07, 6.45) is 7.03.